The standard InChI is InChI=1S/C16H20O4/c1-4-5-11-10-7-6-9-8-12(16(2,3)18)20-14(9)13(10)15(17)19-11/h6-7,11-12,18H,4-5,8H2,1-3H3/t11-,12-/m1/s1. The average Bonchev–Trinajstić information content (AvgIpc) is 2.91. The molecular formula is C16H20O4. The second-order valence-electron chi connectivity index (χ2n) is 6.16. The van der Waals surface area contributed by atoms with Gasteiger partial charge in [0.25, 0.3) is 0 Å². The van der Waals surface area contributed by atoms with Crippen molar-refractivity contribution in [3.8, 4) is 5.75 Å². The van der Waals surface area contributed by atoms with E-state index in [4.69, 9.17) is 9.47 Å². The van der Waals surface area contributed by atoms with Crippen molar-refractivity contribution in [1.29, 1.82) is 0 Å². The van der Waals surface area contributed by atoms with Crippen molar-refractivity contribution >= 4 is 5.97 Å². The molecular weight excluding hydrogens is 256 g/mol. The monoisotopic (exact) mass is 276 g/mol. The fourth-order valence-electron chi connectivity index (χ4n) is 2.92. The lowest BCUT2D eigenvalue weighted by molar-refractivity contribution is -0.0233. The summed E-state index contributed by atoms with van der Waals surface area (Å²) in [6.07, 6.45) is 1.94. The lowest BCUT2D eigenvalue weighted by atomic mass is 9.94. The molecule has 2 heterocycles. The number of aliphatic hydroxyl groups is 1. The van der Waals surface area contributed by atoms with Gasteiger partial charge in [-0.3, -0.25) is 0 Å². The van der Waals surface area contributed by atoms with Gasteiger partial charge in [-0.15, -0.1) is 0 Å². The van der Waals surface area contributed by atoms with E-state index in [-0.39, 0.29) is 18.2 Å². The average molecular weight is 276 g/mol. The molecule has 0 amide bonds. The predicted octanol–water partition coefficient (Wildman–Crippen LogP) is 2.77. The summed E-state index contributed by atoms with van der Waals surface area (Å²) in [4.78, 5) is 12.1. The number of hydrogen-bond donors (Lipinski definition) is 1. The summed E-state index contributed by atoms with van der Waals surface area (Å²) in [5.41, 5.74) is 1.53. The summed E-state index contributed by atoms with van der Waals surface area (Å²) in [7, 11) is 0. The van der Waals surface area contributed by atoms with Gasteiger partial charge < -0.3 is 14.6 Å². The van der Waals surface area contributed by atoms with Crippen molar-refractivity contribution in [3.05, 3.63) is 28.8 Å². The quantitative estimate of drug-likeness (QED) is 0.862. The van der Waals surface area contributed by atoms with Crippen molar-refractivity contribution in [2.24, 2.45) is 0 Å². The normalized spacial score (nSPS) is 24.1. The van der Waals surface area contributed by atoms with Crippen molar-refractivity contribution in [2.45, 2.75) is 57.8 Å². The molecule has 1 N–H and O–H groups in total. The molecule has 2 aliphatic heterocycles. The molecule has 3 rings (SSSR count). The number of ether oxygens (including phenoxy) is 2. The highest BCUT2D eigenvalue weighted by Crippen LogP contribution is 2.44. The maximum Gasteiger partial charge on any atom is 0.342 e. The van der Waals surface area contributed by atoms with Crippen LogP contribution < -0.4 is 4.74 Å². The van der Waals surface area contributed by atoms with E-state index in [1.54, 1.807) is 13.8 Å². The SMILES string of the molecule is CCC[C@H]1OC(=O)c2c1ccc1c2O[C@@H](C(C)(C)O)C1. The summed E-state index contributed by atoms with van der Waals surface area (Å²) in [5.74, 6) is 0.310. The van der Waals surface area contributed by atoms with Crippen LogP contribution in [0, 0.1) is 0 Å². The van der Waals surface area contributed by atoms with Gasteiger partial charge in [-0.2, -0.15) is 0 Å². The zero-order valence-corrected chi connectivity index (χ0v) is 12.1. The molecule has 2 aliphatic rings. The smallest absolute Gasteiger partial charge is 0.342 e. The molecule has 20 heavy (non-hydrogen) atoms. The summed E-state index contributed by atoms with van der Waals surface area (Å²) in [5, 5.41) is 10.1. The minimum atomic E-state index is -0.933. The third-order valence-corrected chi connectivity index (χ3v) is 4.08. The number of fused-ring (bicyclic) bond motifs is 3. The third kappa shape index (κ3) is 1.99. The summed E-state index contributed by atoms with van der Waals surface area (Å²) in [6.45, 7) is 5.52. The molecule has 0 fully saturated rings. The van der Waals surface area contributed by atoms with Gasteiger partial charge in [0.2, 0.25) is 0 Å². The number of esters is 1. The van der Waals surface area contributed by atoms with Gasteiger partial charge in [0, 0.05) is 12.0 Å². The van der Waals surface area contributed by atoms with Gasteiger partial charge in [0.05, 0.1) is 5.60 Å². The van der Waals surface area contributed by atoms with Crippen molar-refractivity contribution in [2.75, 3.05) is 0 Å². The molecule has 0 aliphatic carbocycles. The van der Waals surface area contributed by atoms with Crippen LogP contribution in [0.5, 0.6) is 5.75 Å². The largest absolute Gasteiger partial charge is 0.486 e. The van der Waals surface area contributed by atoms with Crippen LogP contribution in [0.2, 0.25) is 0 Å². The summed E-state index contributed by atoms with van der Waals surface area (Å²) in [6, 6.07) is 3.96. The lowest BCUT2D eigenvalue weighted by Crippen LogP contribution is -2.39. The van der Waals surface area contributed by atoms with Crippen LogP contribution in [0.15, 0.2) is 12.1 Å². The van der Waals surface area contributed by atoms with Crippen LogP contribution in [0.25, 0.3) is 0 Å². The fourth-order valence-corrected chi connectivity index (χ4v) is 2.92. The Bertz CT molecular complexity index is 556. The van der Waals surface area contributed by atoms with Gasteiger partial charge in [-0.1, -0.05) is 25.5 Å². The minimum Gasteiger partial charge on any atom is -0.486 e. The second-order valence-corrected chi connectivity index (χ2v) is 6.16. The highest BCUT2D eigenvalue weighted by atomic mass is 16.6. The van der Waals surface area contributed by atoms with Gasteiger partial charge in [0.1, 0.15) is 23.5 Å². The Morgan fingerprint density at radius 3 is 2.75 bits per heavy atom. The highest BCUT2D eigenvalue weighted by molar-refractivity contribution is 5.97. The van der Waals surface area contributed by atoms with E-state index in [2.05, 4.69) is 6.92 Å². The van der Waals surface area contributed by atoms with E-state index in [0.717, 1.165) is 24.0 Å². The number of carbonyl (C=O) groups is 1. The van der Waals surface area contributed by atoms with Crippen molar-refractivity contribution < 1.29 is 19.4 Å². The molecule has 0 saturated carbocycles. The van der Waals surface area contributed by atoms with Gasteiger partial charge >= 0.3 is 5.97 Å². The summed E-state index contributed by atoms with van der Waals surface area (Å²) < 4.78 is 11.3. The topological polar surface area (TPSA) is 55.8 Å². The number of rotatable bonds is 3. The Morgan fingerprint density at radius 1 is 1.35 bits per heavy atom. The number of benzene rings is 1. The molecule has 108 valence electrons. The molecule has 0 radical (unpaired) electrons. The van der Waals surface area contributed by atoms with Crippen LogP contribution in [0.4, 0.5) is 0 Å². The maximum atomic E-state index is 12.1. The van der Waals surface area contributed by atoms with Crippen LogP contribution in [-0.4, -0.2) is 22.8 Å². The molecule has 0 saturated heterocycles. The molecule has 0 unspecified atom stereocenters. The number of hydrogen-bond acceptors (Lipinski definition) is 4. The van der Waals surface area contributed by atoms with Crippen LogP contribution in [0.3, 0.4) is 0 Å². The predicted molar refractivity (Wildman–Crippen MR) is 73.9 cm³/mol. The first-order valence-electron chi connectivity index (χ1n) is 7.17. The van der Waals surface area contributed by atoms with E-state index >= 15 is 0 Å². The van der Waals surface area contributed by atoms with Crippen molar-refractivity contribution in [3.63, 3.8) is 0 Å². The van der Waals surface area contributed by atoms with E-state index < -0.39 is 5.60 Å². The first kappa shape index (κ1) is 13.4. The molecule has 4 nitrogen and oxygen atoms in total. The van der Waals surface area contributed by atoms with Gasteiger partial charge in [0.15, 0.2) is 0 Å². The Morgan fingerprint density at radius 2 is 2.10 bits per heavy atom. The second kappa shape index (κ2) is 4.48. The van der Waals surface area contributed by atoms with Crippen LogP contribution in [-0.2, 0) is 11.2 Å². The van der Waals surface area contributed by atoms with E-state index in [0.29, 0.717) is 17.7 Å². The first-order valence-corrected chi connectivity index (χ1v) is 7.17. The van der Waals surface area contributed by atoms with Crippen molar-refractivity contribution in [1.82, 2.24) is 0 Å². The molecule has 0 aromatic heterocycles. The van der Waals surface area contributed by atoms with E-state index in [9.17, 15) is 9.90 Å². The molecule has 1 aromatic carbocycles. The molecule has 0 spiro atoms. The maximum absolute atomic E-state index is 12.1. The molecule has 0 bridgehead atoms. The zero-order valence-electron chi connectivity index (χ0n) is 12.1. The minimum absolute atomic E-state index is 0.155. The highest BCUT2D eigenvalue weighted by Gasteiger charge is 2.41. The van der Waals surface area contributed by atoms with E-state index in [1.165, 1.54) is 0 Å². The van der Waals surface area contributed by atoms with Gasteiger partial charge in [-0.05, 0) is 25.8 Å². The number of carbonyl (C=O) groups excluding carboxylic acids is 1. The third-order valence-electron chi connectivity index (χ3n) is 4.08. The zero-order chi connectivity index (χ0) is 14.5. The van der Waals surface area contributed by atoms with Crippen LogP contribution >= 0.6 is 0 Å². The van der Waals surface area contributed by atoms with Gasteiger partial charge in [-0.25, -0.2) is 4.79 Å². The molecule has 4 heteroatoms. The Balaban J connectivity index is 1.99. The Kier molecular flexibility index (Phi) is 3.01. The molecule has 2 atom stereocenters. The molecule has 1 aromatic rings. The fraction of sp³-hybridized carbons (Fsp3) is 0.562. The summed E-state index contributed by atoms with van der Waals surface area (Å²) >= 11 is 0. The van der Waals surface area contributed by atoms with E-state index in [1.807, 2.05) is 12.1 Å². The Labute approximate surface area is 118 Å². The number of cyclic esters (lactones) is 1. The van der Waals surface area contributed by atoms with Crippen LogP contribution in [0.1, 0.15) is 61.2 Å². The first-order chi connectivity index (χ1) is 9.41. The lowest BCUT2D eigenvalue weighted by Gasteiger charge is -2.24. The Hall–Kier alpha value is -1.55.